The second kappa shape index (κ2) is 8.73. The van der Waals surface area contributed by atoms with Crippen molar-refractivity contribution in [3.63, 3.8) is 0 Å². The number of thiophene rings is 1. The summed E-state index contributed by atoms with van der Waals surface area (Å²) in [5.74, 6) is 5.40. The normalized spacial score (nSPS) is 17.6. The number of hydrogen-bond donors (Lipinski definition) is 3. The molecular formula is C25H19N5O2S. The molecular weight excluding hydrogens is 434 g/mol. The largest absolute Gasteiger partial charge is 0.341 e. The number of aromatic nitrogens is 2. The van der Waals surface area contributed by atoms with Crippen molar-refractivity contribution >= 4 is 45.6 Å². The van der Waals surface area contributed by atoms with E-state index in [9.17, 15) is 9.59 Å². The van der Waals surface area contributed by atoms with Crippen LogP contribution in [-0.4, -0.2) is 27.8 Å². The zero-order valence-corrected chi connectivity index (χ0v) is 18.4. The van der Waals surface area contributed by atoms with Crippen molar-refractivity contribution < 1.29 is 9.59 Å². The van der Waals surface area contributed by atoms with E-state index < -0.39 is 18.0 Å². The molecule has 0 radical (unpaired) electrons. The summed E-state index contributed by atoms with van der Waals surface area (Å²) in [5.41, 5.74) is 3.76. The van der Waals surface area contributed by atoms with Crippen LogP contribution in [0.1, 0.15) is 29.0 Å². The number of nitrogens with zero attached hydrogens (tertiary/aromatic N) is 2. The van der Waals surface area contributed by atoms with Crippen LogP contribution in [0.2, 0.25) is 0 Å². The summed E-state index contributed by atoms with van der Waals surface area (Å²) in [7, 11) is 0. The maximum Gasteiger partial charge on any atom is 0.341 e. The van der Waals surface area contributed by atoms with Gasteiger partial charge in [-0.05, 0) is 43.3 Å². The molecule has 33 heavy (non-hydrogen) atoms. The highest BCUT2D eigenvalue weighted by Gasteiger charge is 2.37. The Kier molecular flexibility index (Phi) is 5.47. The van der Waals surface area contributed by atoms with Crippen LogP contribution in [0, 0.1) is 17.8 Å². The molecule has 2 aromatic heterocycles. The van der Waals surface area contributed by atoms with Crippen molar-refractivity contribution in [2.75, 3.05) is 5.32 Å². The van der Waals surface area contributed by atoms with E-state index in [1.807, 2.05) is 60.0 Å². The van der Waals surface area contributed by atoms with Crippen LogP contribution in [0.4, 0.5) is 10.5 Å². The summed E-state index contributed by atoms with van der Waals surface area (Å²) in [6.45, 7) is 1.71. The van der Waals surface area contributed by atoms with Gasteiger partial charge in [0.1, 0.15) is 5.92 Å². The maximum absolute atomic E-state index is 13.3. The van der Waals surface area contributed by atoms with E-state index in [0.717, 1.165) is 26.9 Å². The fourth-order valence-corrected chi connectivity index (χ4v) is 4.71. The number of anilines is 1. The van der Waals surface area contributed by atoms with E-state index >= 15 is 0 Å². The third-order valence-electron chi connectivity index (χ3n) is 5.38. The van der Waals surface area contributed by atoms with Gasteiger partial charge in [-0.1, -0.05) is 30.0 Å². The Morgan fingerprint density at radius 1 is 1.09 bits per heavy atom. The first kappa shape index (κ1) is 20.7. The Labute approximate surface area is 193 Å². The van der Waals surface area contributed by atoms with E-state index in [2.05, 4.69) is 37.7 Å². The third kappa shape index (κ3) is 4.40. The number of aliphatic imine (C=N–C) groups is 1. The smallest absolute Gasteiger partial charge is 0.327 e. The number of benzene rings is 2. The molecule has 1 aliphatic rings. The first-order valence-corrected chi connectivity index (χ1v) is 11.2. The molecule has 0 fully saturated rings. The lowest BCUT2D eigenvalue weighted by Gasteiger charge is -2.29. The van der Waals surface area contributed by atoms with E-state index in [1.54, 1.807) is 13.1 Å². The number of urea groups is 1. The molecule has 2 atom stereocenters. The number of nitrogens with one attached hydrogen (secondary N) is 3. The van der Waals surface area contributed by atoms with Crippen LogP contribution in [-0.2, 0) is 4.79 Å². The van der Waals surface area contributed by atoms with Gasteiger partial charge in [-0.25, -0.2) is 9.79 Å². The topological polar surface area (TPSA) is 99.2 Å². The molecule has 0 bridgehead atoms. The van der Waals surface area contributed by atoms with Gasteiger partial charge < -0.3 is 10.6 Å². The summed E-state index contributed by atoms with van der Waals surface area (Å²) >= 11 is 1.46. The molecule has 162 valence electrons. The molecule has 3 amide bonds. The van der Waals surface area contributed by atoms with Gasteiger partial charge in [0, 0.05) is 38.2 Å². The fourth-order valence-electron chi connectivity index (χ4n) is 3.78. The first-order valence-electron chi connectivity index (χ1n) is 10.3. The molecule has 3 heterocycles. The lowest BCUT2D eigenvalue weighted by molar-refractivity contribution is -0.118. The van der Waals surface area contributed by atoms with Gasteiger partial charge in [0.25, 0.3) is 0 Å². The van der Waals surface area contributed by atoms with Gasteiger partial charge in [0.05, 0.1) is 17.8 Å². The number of amides is 3. The van der Waals surface area contributed by atoms with E-state index in [0.29, 0.717) is 11.4 Å². The van der Waals surface area contributed by atoms with Crippen LogP contribution >= 0.6 is 11.3 Å². The summed E-state index contributed by atoms with van der Waals surface area (Å²) in [6.07, 6.45) is 1.70. The van der Waals surface area contributed by atoms with E-state index in [-0.39, 0.29) is 5.91 Å². The molecule has 0 saturated heterocycles. The van der Waals surface area contributed by atoms with Crippen molar-refractivity contribution in [1.29, 1.82) is 0 Å². The Bertz CT molecular complexity index is 1440. The Hall–Kier alpha value is -4.22. The standard InChI is InChI=1S/C25H19N5O2S/c1-15-22(24(31)28-19-9-10-20-18(12-19)13-26-30-20)23(29-25(32)27-15)21-11-17(14-33-21)8-7-16-5-3-2-4-6-16/h2-6,9-14,22-23H,1H3,(H,26,30)(H,28,31)(H,29,32). The Balaban J connectivity index is 1.40. The Morgan fingerprint density at radius 3 is 2.76 bits per heavy atom. The summed E-state index contributed by atoms with van der Waals surface area (Å²) in [5, 5.41) is 15.5. The number of fused-ring (bicyclic) bond motifs is 1. The lowest BCUT2D eigenvalue weighted by atomic mass is 9.91. The minimum Gasteiger partial charge on any atom is -0.327 e. The van der Waals surface area contributed by atoms with Crippen LogP contribution < -0.4 is 10.6 Å². The number of rotatable bonds is 3. The number of carbonyl (C=O) groups excluding carboxylic acids is 2. The molecule has 7 nitrogen and oxygen atoms in total. The monoisotopic (exact) mass is 453 g/mol. The van der Waals surface area contributed by atoms with Crippen LogP contribution in [0.3, 0.4) is 0 Å². The van der Waals surface area contributed by atoms with Crippen molar-refractivity contribution in [3.05, 3.63) is 82.2 Å². The second-order valence-electron chi connectivity index (χ2n) is 7.67. The molecule has 2 unspecified atom stereocenters. The predicted molar refractivity (Wildman–Crippen MR) is 129 cm³/mol. The number of aromatic amines is 1. The van der Waals surface area contributed by atoms with Crippen molar-refractivity contribution in [2.24, 2.45) is 10.9 Å². The van der Waals surface area contributed by atoms with Gasteiger partial charge in [0.15, 0.2) is 0 Å². The highest BCUT2D eigenvalue weighted by Crippen LogP contribution is 2.32. The number of carbonyl (C=O) groups is 2. The average molecular weight is 454 g/mol. The van der Waals surface area contributed by atoms with E-state index in [1.165, 1.54) is 11.3 Å². The second-order valence-corrected chi connectivity index (χ2v) is 8.62. The minimum atomic E-state index is -0.642. The molecule has 0 saturated carbocycles. The molecule has 3 N–H and O–H groups in total. The molecule has 4 aromatic rings. The maximum atomic E-state index is 13.3. The van der Waals surface area contributed by atoms with Crippen LogP contribution in [0.25, 0.3) is 10.9 Å². The van der Waals surface area contributed by atoms with Gasteiger partial charge in [-0.15, -0.1) is 11.3 Å². The molecule has 1 aliphatic heterocycles. The van der Waals surface area contributed by atoms with Crippen molar-refractivity contribution in [2.45, 2.75) is 13.0 Å². The molecule has 0 spiro atoms. The van der Waals surface area contributed by atoms with Gasteiger partial charge in [-0.3, -0.25) is 9.89 Å². The SMILES string of the molecule is CC1=NC(=O)NC(c2cc(C#Cc3ccccc3)cs2)C1C(=O)Nc1ccc2[nH]ncc2c1. The first-order chi connectivity index (χ1) is 16.1. The van der Waals surface area contributed by atoms with Crippen molar-refractivity contribution in [1.82, 2.24) is 15.5 Å². The van der Waals surface area contributed by atoms with E-state index in [4.69, 9.17) is 0 Å². The lowest BCUT2D eigenvalue weighted by Crippen LogP contribution is -2.45. The summed E-state index contributed by atoms with van der Waals surface area (Å²) in [6, 6.07) is 16.2. The number of H-pyrrole nitrogens is 1. The molecule has 5 rings (SSSR count). The van der Waals surface area contributed by atoms with Crippen LogP contribution in [0.5, 0.6) is 0 Å². The van der Waals surface area contributed by atoms with Gasteiger partial charge >= 0.3 is 6.03 Å². The quantitative estimate of drug-likeness (QED) is 0.398. The molecule has 8 heteroatoms. The minimum absolute atomic E-state index is 0.241. The van der Waals surface area contributed by atoms with Gasteiger partial charge in [0.2, 0.25) is 5.91 Å². The van der Waals surface area contributed by atoms with Gasteiger partial charge in [-0.2, -0.15) is 5.10 Å². The fraction of sp³-hybridized carbons (Fsp3) is 0.120. The molecule has 0 aliphatic carbocycles. The molecule has 2 aromatic carbocycles. The highest BCUT2D eigenvalue weighted by molar-refractivity contribution is 7.10. The number of hydrogen-bond acceptors (Lipinski definition) is 4. The third-order valence-corrected chi connectivity index (χ3v) is 6.40. The Morgan fingerprint density at radius 2 is 1.91 bits per heavy atom. The predicted octanol–water partition coefficient (Wildman–Crippen LogP) is 4.50. The zero-order valence-electron chi connectivity index (χ0n) is 17.6. The van der Waals surface area contributed by atoms with Crippen LogP contribution in [0.15, 0.2) is 71.2 Å². The average Bonchev–Trinajstić information content (AvgIpc) is 3.47. The summed E-state index contributed by atoms with van der Waals surface area (Å²) < 4.78 is 0. The summed E-state index contributed by atoms with van der Waals surface area (Å²) in [4.78, 5) is 30.3. The zero-order chi connectivity index (χ0) is 22.8. The van der Waals surface area contributed by atoms with Crippen molar-refractivity contribution in [3.8, 4) is 11.8 Å². The highest BCUT2D eigenvalue weighted by atomic mass is 32.1.